The van der Waals surface area contributed by atoms with Crippen molar-refractivity contribution in [3.8, 4) is 34.8 Å². The number of rotatable bonds is 2. The van der Waals surface area contributed by atoms with Crippen molar-refractivity contribution in [2.75, 3.05) is 34.6 Å². The largest absolute Gasteiger partial charge is 0.497 e. The Morgan fingerprint density at radius 3 is 2.85 bits per heavy atom. The van der Waals surface area contributed by atoms with E-state index in [-0.39, 0.29) is 12.8 Å². The zero-order valence-electron chi connectivity index (χ0n) is 15.2. The van der Waals surface area contributed by atoms with Gasteiger partial charge in [-0.3, -0.25) is 4.90 Å². The number of likely N-dealkylation sites (N-methyl/N-ethyl adjacent to an activating group) is 1. The molecule has 2 aromatic rings. The van der Waals surface area contributed by atoms with Gasteiger partial charge in [-0.15, -0.1) is 0 Å². The third-order valence-corrected chi connectivity index (χ3v) is 4.82. The fourth-order valence-electron chi connectivity index (χ4n) is 3.47. The minimum absolute atomic E-state index is 0.0746. The molecule has 2 aliphatic heterocycles. The standard InChI is InChI=1S/C21H21NO4/c1-22-10-9-15-12-18-20(26-13-25-18)21(24-3)19(15)17(22)8-7-14-5-4-6-16(11-14)23-2/h4-6,11-12,17H,9-10,13H2,1-3H3/t17-/m1/s1. The normalized spacial score (nSPS) is 17.9. The van der Waals surface area contributed by atoms with E-state index in [9.17, 15) is 0 Å². The molecule has 0 amide bonds. The van der Waals surface area contributed by atoms with Gasteiger partial charge in [0.1, 0.15) is 11.8 Å². The summed E-state index contributed by atoms with van der Waals surface area (Å²) in [5, 5.41) is 0. The summed E-state index contributed by atoms with van der Waals surface area (Å²) in [6.07, 6.45) is 0.927. The molecule has 0 saturated heterocycles. The quantitative estimate of drug-likeness (QED) is 0.778. The summed E-state index contributed by atoms with van der Waals surface area (Å²) in [6.45, 7) is 1.15. The zero-order valence-corrected chi connectivity index (χ0v) is 15.2. The first-order valence-corrected chi connectivity index (χ1v) is 8.56. The van der Waals surface area contributed by atoms with E-state index in [0.717, 1.165) is 41.3 Å². The molecule has 0 saturated carbocycles. The van der Waals surface area contributed by atoms with Crippen molar-refractivity contribution in [2.24, 2.45) is 0 Å². The molecule has 0 fully saturated rings. The Kier molecular flexibility index (Phi) is 4.36. The molecule has 0 aromatic heterocycles. The Bertz CT molecular complexity index is 897. The molecule has 0 radical (unpaired) electrons. The molecule has 2 heterocycles. The van der Waals surface area contributed by atoms with Gasteiger partial charge in [-0.25, -0.2) is 0 Å². The number of benzene rings is 2. The van der Waals surface area contributed by atoms with E-state index in [4.69, 9.17) is 18.9 Å². The van der Waals surface area contributed by atoms with Gasteiger partial charge in [0.05, 0.1) is 14.2 Å². The molecule has 0 N–H and O–H groups in total. The second-order valence-electron chi connectivity index (χ2n) is 6.35. The lowest BCUT2D eigenvalue weighted by Crippen LogP contribution is -2.31. The van der Waals surface area contributed by atoms with Crippen LogP contribution in [0.3, 0.4) is 0 Å². The van der Waals surface area contributed by atoms with E-state index < -0.39 is 0 Å². The number of methoxy groups -OCH3 is 2. The van der Waals surface area contributed by atoms with Gasteiger partial charge in [0.2, 0.25) is 12.5 Å². The highest BCUT2D eigenvalue weighted by atomic mass is 16.7. The van der Waals surface area contributed by atoms with Crippen LogP contribution in [0.1, 0.15) is 22.7 Å². The highest BCUT2D eigenvalue weighted by molar-refractivity contribution is 5.63. The van der Waals surface area contributed by atoms with Crippen LogP contribution < -0.4 is 18.9 Å². The first kappa shape index (κ1) is 16.6. The summed E-state index contributed by atoms with van der Waals surface area (Å²) in [5.41, 5.74) is 3.19. The lowest BCUT2D eigenvalue weighted by molar-refractivity contribution is 0.171. The summed E-state index contributed by atoms with van der Waals surface area (Å²) < 4.78 is 22.2. The lowest BCUT2D eigenvalue weighted by Gasteiger charge is -2.32. The van der Waals surface area contributed by atoms with E-state index in [1.54, 1.807) is 14.2 Å². The van der Waals surface area contributed by atoms with Gasteiger partial charge in [-0.05, 0) is 43.3 Å². The summed E-state index contributed by atoms with van der Waals surface area (Å²) in [5.74, 6) is 9.64. The van der Waals surface area contributed by atoms with Crippen LogP contribution in [0.2, 0.25) is 0 Å². The molecule has 2 aromatic carbocycles. The molecule has 5 heteroatoms. The van der Waals surface area contributed by atoms with Crippen molar-refractivity contribution in [3.63, 3.8) is 0 Å². The Hall–Kier alpha value is -2.84. The zero-order chi connectivity index (χ0) is 18.1. The molecular formula is C21H21NO4. The molecule has 5 nitrogen and oxygen atoms in total. The first-order chi connectivity index (χ1) is 12.7. The SMILES string of the molecule is COc1cccc(C#C[C@@H]2c3c(cc4c(c3OC)OCO4)CCN2C)c1. The summed E-state index contributed by atoms with van der Waals surface area (Å²) in [6, 6.07) is 9.77. The molecule has 0 spiro atoms. The molecule has 26 heavy (non-hydrogen) atoms. The number of hydrogen-bond acceptors (Lipinski definition) is 5. The van der Waals surface area contributed by atoms with Gasteiger partial charge in [0.25, 0.3) is 0 Å². The molecular weight excluding hydrogens is 330 g/mol. The van der Waals surface area contributed by atoms with Crippen LogP contribution in [0, 0.1) is 11.8 Å². The molecule has 2 aliphatic rings. The average Bonchev–Trinajstić information content (AvgIpc) is 3.14. The van der Waals surface area contributed by atoms with Gasteiger partial charge in [-0.1, -0.05) is 17.9 Å². The Balaban J connectivity index is 1.78. The van der Waals surface area contributed by atoms with E-state index in [1.165, 1.54) is 5.56 Å². The van der Waals surface area contributed by atoms with E-state index in [2.05, 4.69) is 29.9 Å². The fourth-order valence-corrected chi connectivity index (χ4v) is 3.47. The topological polar surface area (TPSA) is 40.2 Å². The van der Waals surface area contributed by atoms with E-state index in [1.807, 2.05) is 24.3 Å². The lowest BCUT2D eigenvalue weighted by atomic mass is 9.91. The molecule has 4 rings (SSSR count). The second kappa shape index (κ2) is 6.81. The van der Waals surface area contributed by atoms with Gasteiger partial charge < -0.3 is 18.9 Å². The maximum Gasteiger partial charge on any atom is 0.231 e. The maximum absolute atomic E-state index is 5.70. The Morgan fingerprint density at radius 1 is 1.15 bits per heavy atom. The van der Waals surface area contributed by atoms with Crippen LogP contribution in [-0.4, -0.2) is 39.5 Å². The summed E-state index contributed by atoms with van der Waals surface area (Å²) >= 11 is 0. The van der Waals surface area contributed by atoms with E-state index >= 15 is 0 Å². The smallest absolute Gasteiger partial charge is 0.231 e. The van der Waals surface area contributed by atoms with Crippen LogP contribution in [0.25, 0.3) is 0 Å². The third-order valence-electron chi connectivity index (χ3n) is 4.82. The molecule has 134 valence electrons. The number of nitrogens with zero attached hydrogens (tertiary/aromatic N) is 1. The highest BCUT2D eigenvalue weighted by Gasteiger charge is 2.33. The van der Waals surface area contributed by atoms with Crippen LogP contribution in [-0.2, 0) is 6.42 Å². The minimum Gasteiger partial charge on any atom is -0.497 e. The molecule has 1 atom stereocenters. The second-order valence-corrected chi connectivity index (χ2v) is 6.35. The van der Waals surface area contributed by atoms with Crippen LogP contribution in [0.5, 0.6) is 23.0 Å². The van der Waals surface area contributed by atoms with Crippen molar-refractivity contribution in [2.45, 2.75) is 12.5 Å². The van der Waals surface area contributed by atoms with Gasteiger partial charge in [-0.2, -0.15) is 0 Å². The number of fused-ring (bicyclic) bond motifs is 2. The van der Waals surface area contributed by atoms with Crippen LogP contribution >= 0.6 is 0 Å². The van der Waals surface area contributed by atoms with E-state index in [0.29, 0.717) is 5.75 Å². The summed E-state index contributed by atoms with van der Waals surface area (Å²) in [7, 11) is 5.40. The first-order valence-electron chi connectivity index (χ1n) is 8.56. The average molecular weight is 351 g/mol. The predicted molar refractivity (Wildman–Crippen MR) is 98.1 cm³/mol. The van der Waals surface area contributed by atoms with Gasteiger partial charge >= 0.3 is 0 Å². The molecule has 0 aliphatic carbocycles. The molecule has 0 bridgehead atoms. The maximum atomic E-state index is 5.70. The van der Waals surface area contributed by atoms with Gasteiger partial charge in [0.15, 0.2) is 11.5 Å². The van der Waals surface area contributed by atoms with Crippen LogP contribution in [0.4, 0.5) is 0 Å². The Labute approximate surface area is 153 Å². The summed E-state index contributed by atoms with van der Waals surface area (Å²) in [4.78, 5) is 2.24. The van der Waals surface area contributed by atoms with Crippen molar-refractivity contribution in [1.29, 1.82) is 0 Å². The van der Waals surface area contributed by atoms with Gasteiger partial charge in [0, 0.05) is 17.7 Å². The Morgan fingerprint density at radius 2 is 2.04 bits per heavy atom. The van der Waals surface area contributed by atoms with Crippen molar-refractivity contribution in [3.05, 3.63) is 47.0 Å². The number of ether oxygens (including phenoxy) is 4. The number of hydrogen-bond donors (Lipinski definition) is 0. The predicted octanol–water partition coefficient (Wildman–Crippen LogP) is 3.01. The minimum atomic E-state index is -0.0746. The molecule has 0 unspecified atom stereocenters. The van der Waals surface area contributed by atoms with Crippen LogP contribution in [0.15, 0.2) is 30.3 Å². The highest BCUT2D eigenvalue weighted by Crippen LogP contribution is 2.49. The fraction of sp³-hybridized carbons (Fsp3) is 0.333. The monoisotopic (exact) mass is 351 g/mol. The van der Waals surface area contributed by atoms with Crippen molar-refractivity contribution < 1.29 is 18.9 Å². The van der Waals surface area contributed by atoms with Crippen molar-refractivity contribution in [1.82, 2.24) is 4.90 Å². The third kappa shape index (κ3) is 2.83. The van der Waals surface area contributed by atoms with Crippen molar-refractivity contribution >= 4 is 0 Å².